The van der Waals surface area contributed by atoms with Gasteiger partial charge in [-0.2, -0.15) is 0 Å². The maximum absolute atomic E-state index is 13.4. The van der Waals surface area contributed by atoms with Crippen LogP contribution in [0.3, 0.4) is 0 Å². The van der Waals surface area contributed by atoms with Crippen LogP contribution in [0.2, 0.25) is 0 Å². The Morgan fingerprint density at radius 2 is 1.83 bits per heavy atom. The van der Waals surface area contributed by atoms with E-state index in [0.29, 0.717) is 48.8 Å². The molecule has 3 N–H and O–H groups in total. The SMILES string of the molecule is COCCN1CCC(C(N)=O)(S(=O)c2ccc(OCCNC(=O)c3cc4ccccc4o3)cc2)CC1. The van der Waals surface area contributed by atoms with Gasteiger partial charge in [-0.15, -0.1) is 0 Å². The predicted octanol–water partition coefficient (Wildman–Crippen LogP) is 2.32. The van der Waals surface area contributed by atoms with E-state index in [1.54, 1.807) is 37.4 Å². The van der Waals surface area contributed by atoms with Gasteiger partial charge < -0.3 is 29.8 Å². The monoisotopic (exact) mass is 513 g/mol. The van der Waals surface area contributed by atoms with Crippen molar-refractivity contribution in [3.63, 3.8) is 0 Å². The molecular weight excluding hydrogens is 482 g/mol. The summed E-state index contributed by atoms with van der Waals surface area (Å²) >= 11 is 0. The lowest BCUT2D eigenvalue weighted by Crippen LogP contribution is -2.55. The first kappa shape index (κ1) is 25.9. The van der Waals surface area contributed by atoms with Crippen molar-refractivity contribution in [3.05, 3.63) is 60.4 Å². The quantitative estimate of drug-likeness (QED) is 0.377. The molecular formula is C26H31N3O6S. The molecule has 2 aromatic carbocycles. The number of nitrogens with two attached hydrogens (primary N) is 1. The number of primary amides is 1. The lowest BCUT2D eigenvalue weighted by Gasteiger charge is -2.38. The third-order valence-electron chi connectivity index (χ3n) is 6.42. The zero-order chi connectivity index (χ0) is 25.5. The molecule has 10 heteroatoms. The number of benzene rings is 2. The fourth-order valence-electron chi connectivity index (χ4n) is 4.28. The number of amides is 2. The number of ether oxygens (including phenoxy) is 2. The lowest BCUT2D eigenvalue weighted by molar-refractivity contribution is -0.121. The topological polar surface area (TPSA) is 124 Å². The van der Waals surface area contributed by atoms with Crippen LogP contribution in [0, 0.1) is 0 Å². The second kappa shape index (κ2) is 11.7. The Kier molecular flexibility index (Phi) is 8.40. The van der Waals surface area contributed by atoms with Crippen molar-refractivity contribution in [1.29, 1.82) is 0 Å². The molecule has 0 aliphatic carbocycles. The van der Waals surface area contributed by atoms with Crippen molar-refractivity contribution in [2.75, 3.05) is 46.5 Å². The highest BCUT2D eigenvalue weighted by Crippen LogP contribution is 2.33. The molecule has 0 saturated carbocycles. The minimum Gasteiger partial charge on any atom is -0.492 e. The molecule has 1 aliphatic rings. The first-order chi connectivity index (χ1) is 17.4. The number of para-hydroxylation sites is 1. The van der Waals surface area contributed by atoms with Gasteiger partial charge in [0.15, 0.2) is 5.76 Å². The number of hydrogen-bond donors (Lipinski definition) is 2. The Bertz CT molecular complexity index is 1180. The summed E-state index contributed by atoms with van der Waals surface area (Å²) in [6.07, 6.45) is 0.865. The van der Waals surface area contributed by atoms with Gasteiger partial charge in [0.05, 0.1) is 24.0 Å². The maximum Gasteiger partial charge on any atom is 0.287 e. The van der Waals surface area contributed by atoms with E-state index in [0.717, 1.165) is 11.9 Å². The zero-order valence-corrected chi connectivity index (χ0v) is 21.1. The normalized spacial score (nSPS) is 16.5. The summed E-state index contributed by atoms with van der Waals surface area (Å²) < 4.78 is 28.7. The van der Waals surface area contributed by atoms with Gasteiger partial charge in [-0.25, -0.2) is 0 Å². The van der Waals surface area contributed by atoms with Crippen LogP contribution in [0.15, 0.2) is 63.9 Å². The average molecular weight is 514 g/mol. The smallest absolute Gasteiger partial charge is 0.287 e. The van der Waals surface area contributed by atoms with Gasteiger partial charge in [0.2, 0.25) is 5.91 Å². The van der Waals surface area contributed by atoms with Gasteiger partial charge in [0, 0.05) is 37.0 Å². The lowest BCUT2D eigenvalue weighted by atomic mass is 9.95. The standard InChI is InChI=1S/C26H31N3O6S/c1-33-17-15-29-13-10-26(11-14-29,25(27)31)36(32)21-8-6-20(7-9-21)34-16-12-28-24(30)23-18-19-4-2-3-5-22(19)35-23/h2-9,18H,10-17H2,1H3,(H2,27,31)(H,28,30). The number of likely N-dealkylation sites (tertiary alicyclic amines) is 1. The fraction of sp³-hybridized carbons (Fsp3) is 0.385. The summed E-state index contributed by atoms with van der Waals surface area (Å²) in [4.78, 5) is 27.4. The number of carbonyl (C=O) groups excluding carboxylic acids is 2. The van der Waals surface area contributed by atoms with E-state index in [1.165, 1.54) is 0 Å². The first-order valence-corrected chi connectivity index (χ1v) is 13.0. The number of rotatable bonds is 11. The van der Waals surface area contributed by atoms with Gasteiger partial charge >= 0.3 is 0 Å². The minimum atomic E-state index is -1.58. The molecule has 1 aromatic heterocycles. The van der Waals surface area contributed by atoms with Crippen LogP contribution in [0.5, 0.6) is 5.75 Å². The van der Waals surface area contributed by atoms with Crippen molar-refractivity contribution in [1.82, 2.24) is 10.2 Å². The van der Waals surface area contributed by atoms with E-state index in [9.17, 15) is 13.8 Å². The van der Waals surface area contributed by atoms with E-state index in [4.69, 9.17) is 19.6 Å². The third-order valence-corrected chi connectivity index (χ3v) is 8.44. The van der Waals surface area contributed by atoms with Crippen LogP contribution in [0.4, 0.5) is 0 Å². The molecule has 9 nitrogen and oxygen atoms in total. The number of hydrogen-bond acceptors (Lipinski definition) is 7. The average Bonchev–Trinajstić information content (AvgIpc) is 3.34. The van der Waals surface area contributed by atoms with Gasteiger partial charge in [-0.3, -0.25) is 13.8 Å². The minimum absolute atomic E-state index is 0.246. The van der Waals surface area contributed by atoms with Crippen molar-refractivity contribution >= 4 is 33.6 Å². The summed E-state index contributed by atoms with van der Waals surface area (Å²) in [6.45, 7) is 3.18. The Hall–Kier alpha value is -3.21. The van der Waals surface area contributed by atoms with E-state index in [1.807, 2.05) is 24.3 Å². The number of furan rings is 1. The molecule has 3 aromatic rings. The Labute approximate surface area is 212 Å². The van der Waals surface area contributed by atoms with Crippen LogP contribution in [0.25, 0.3) is 11.0 Å². The summed E-state index contributed by atoms with van der Waals surface area (Å²) in [7, 11) is 0.0668. The molecule has 1 fully saturated rings. The largest absolute Gasteiger partial charge is 0.492 e. The molecule has 2 amide bonds. The number of piperidine rings is 1. The highest BCUT2D eigenvalue weighted by Gasteiger charge is 2.46. The highest BCUT2D eigenvalue weighted by atomic mass is 32.2. The second-order valence-electron chi connectivity index (χ2n) is 8.69. The van der Waals surface area contributed by atoms with Gasteiger partial charge in [0.25, 0.3) is 5.91 Å². The predicted molar refractivity (Wildman–Crippen MR) is 136 cm³/mol. The third kappa shape index (κ3) is 5.77. The van der Waals surface area contributed by atoms with E-state index < -0.39 is 21.5 Å². The molecule has 0 radical (unpaired) electrons. The van der Waals surface area contributed by atoms with Crippen LogP contribution < -0.4 is 15.8 Å². The summed E-state index contributed by atoms with van der Waals surface area (Å²) in [6, 6.07) is 15.9. The number of carbonyl (C=O) groups is 2. The number of nitrogens with one attached hydrogen (secondary N) is 1. The molecule has 192 valence electrons. The summed E-state index contributed by atoms with van der Waals surface area (Å²) in [5.41, 5.74) is 6.40. The van der Waals surface area contributed by atoms with Crippen LogP contribution >= 0.6 is 0 Å². The molecule has 1 unspecified atom stereocenters. The highest BCUT2D eigenvalue weighted by molar-refractivity contribution is 7.87. The molecule has 0 bridgehead atoms. The second-order valence-corrected chi connectivity index (χ2v) is 10.5. The van der Waals surface area contributed by atoms with Gasteiger partial charge in [0.1, 0.15) is 22.7 Å². The van der Waals surface area contributed by atoms with E-state index in [-0.39, 0.29) is 24.8 Å². The number of fused-ring (bicyclic) bond motifs is 1. The summed E-state index contributed by atoms with van der Waals surface area (Å²) in [5.74, 6) is -0.0366. The molecule has 36 heavy (non-hydrogen) atoms. The molecule has 1 aliphatic heterocycles. The first-order valence-electron chi connectivity index (χ1n) is 11.9. The Morgan fingerprint density at radius 1 is 1.11 bits per heavy atom. The van der Waals surface area contributed by atoms with Crippen molar-refractivity contribution in [2.24, 2.45) is 5.73 Å². The van der Waals surface area contributed by atoms with Crippen LogP contribution in [-0.2, 0) is 20.3 Å². The van der Waals surface area contributed by atoms with E-state index >= 15 is 0 Å². The molecule has 2 heterocycles. The van der Waals surface area contributed by atoms with Gasteiger partial charge in [-0.05, 0) is 49.2 Å². The maximum atomic E-state index is 13.4. The zero-order valence-electron chi connectivity index (χ0n) is 20.2. The number of methoxy groups -OCH3 is 1. The Morgan fingerprint density at radius 3 is 2.50 bits per heavy atom. The van der Waals surface area contributed by atoms with Crippen LogP contribution in [0.1, 0.15) is 23.4 Å². The van der Waals surface area contributed by atoms with Gasteiger partial charge in [-0.1, -0.05) is 18.2 Å². The Balaban J connectivity index is 1.28. The van der Waals surface area contributed by atoms with Crippen LogP contribution in [-0.4, -0.2) is 72.2 Å². The number of nitrogens with zero attached hydrogens (tertiary/aromatic N) is 1. The summed E-state index contributed by atoms with van der Waals surface area (Å²) in [5, 5.41) is 3.63. The van der Waals surface area contributed by atoms with Crippen molar-refractivity contribution in [3.8, 4) is 5.75 Å². The van der Waals surface area contributed by atoms with E-state index in [2.05, 4.69) is 10.2 Å². The molecule has 1 saturated heterocycles. The fourth-order valence-corrected chi connectivity index (χ4v) is 5.85. The molecule has 4 rings (SSSR count). The molecule has 0 spiro atoms. The van der Waals surface area contributed by atoms with Crippen molar-refractivity contribution in [2.45, 2.75) is 22.5 Å². The molecule has 1 atom stereocenters. The van der Waals surface area contributed by atoms with Crippen molar-refractivity contribution < 1.29 is 27.7 Å².